The molecular formula is C28H22Cl2N2O3. The quantitative estimate of drug-likeness (QED) is 0.199. The number of hydrogen-bond acceptors (Lipinski definition) is 4. The molecule has 176 valence electrons. The maximum Gasteiger partial charge on any atom is 0.275 e. The molecule has 0 aromatic heterocycles. The van der Waals surface area contributed by atoms with E-state index in [4.69, 9.17) is 32.7 Å². The van der Waals surface area contributed by atoms with Crippen molar-refractivity contribution < 1.29 is 14.3 Å². The van der Waals surface area contributed by atoms with Gasteiger partial charge in [0.05, 0.1) is 11.8 Å². The van der Waals surface area contributed by atoms with E-state index >= 15 is 0 Å². The van der Waals surface area contributed by atoms with Crippen LogP contribution in [0.4, 0.5) is 0 Å². The number of carbonyl (C=O) groups is 1. The highest BCUT2D eigenvalue weighted by atomic mass is 35.5. The van der Waals surface area contributed by atoms with Gasteiger partial charge in [-0.05, 0) is 54.1 Å². The first-order valence-corrected chi connectivity index (χ1v) is 11.6. The minimum Gasteiger partial charge on any atom is -0.489 e. The standard InChI is InChI=1S/C28H22Cl2N2O3/c29-25-10-4-1-7-21(25)18-34-23-15-13-20(14-16-23)17-31-32-28(33)24-9-3-6-12-27(24)35-19-22-8-2-5-11-26(22)30/h1-17H,18-19H2,(H,32,33)/b31-17+. The zero-order valence-corrected chi connectivity index (χ0v) is 20.2. The summed E-state index contributed by atoms with van der Waals surface area (Å²) in [5.74, 6) is 0.770. The lowest BCUT2D eigenvalue weighted by Crippen LogP contribution is -2.18. The zero-order valence-electron chi connectivity index (χ0n) is 18.7. The maximum atomic E-state index is 12.7. The van der Waals surface area contributed by atoms with Gasteiger partial charge in [0, 0.05) is 21.2 Å². The fourth-order valence-corrected chi connectivity index (χ4v) is 3.58. The van der Waals surface area contributed by atoms with E-state index in [1.54, 1.807) is 36.5 Å². The van der Waals surface area contributed by atoms with Crippen molar-refractivity contribution in [1.29, 1.82) is 0 Å². The van der Waals surface area contributed by atoms with E-state index in [0.717, 1.165) is 16.7 Å². The lowest BCUT2D eigenvalue weighted by atomic mass is 10.2. The number of nitrogens with zero attached hydrogens (tertiary/aromatic N) is 1. The molecule has 1 amide bonds. The Hall–Kier alpha value is -3.80. The number of halogens is 2. The summed E-state index contributed by atoms with van der Waals surface area (Å²) in [6, 6.07) is 29.3. The van der Waals surface area contributed by atoms with Crippen LogP contribution < -0.4 is 14.9 Å². The number of para-hydroxylation sites is 1. The Bertz CT molecular complexity index is 1320. The summed E-state index contributed by atoms with van der Waals surface area (Å²) in [6.07, 6.45) is 1.56. The van der Waals surface area contributed by atoms with Crippen LogP contribution in [0.5, 0.6) is 11.5 Å². The third-order valence-corrected chi connectivity index (χ3v) is 5.82. The summed E-state index contributed by atoms with van der Waals surface area (Å²) < 4.78 is 11.6. The molecule has 4 aromatic rings. The lowest BCUT2D eigenvalue weighted by molar-refractivity contribution is 0.0950. The number of carbonyl (C=O) groups excluding carboxylic acids is 1. The fourth-order valence-electron chi connectivity index (χ4n) is 3.20. The Kier molecular flexibility index (Phi) is 8.39. The molecule has 0 fully saturated rings. The molecule has 5 nitrogen and oxygen atoms in total. The van der Waals surface area contributed by atoms with Crippen molar-refractivity contribution in [3.05, 3.63) is 129 Å². The number of ether oxygens (including phenoxy) is 2. The summed E-state index contributed by atoms with van der Waals surface area (Å²) in [5.41, 5.74) is 5.47. The second kappa shape index (κ2) is 12.1. The van der Waals surface area contributed by atoms with Crippen LogP contribution >= 0.6 is 23.2 Å². The third kappa shape index (κ3) is 6.85. The summed E-state index contributed by atoms with van der Waals surface area (Å²) in [5, 5.41) is 5.35. The highest BCUT2D eigenvalue weighted by Crippen LogP contribution is 2.22. The molecule has 7 heteroatoms. The smallest absolute Gasteiger partial charge is 0.275 e. The molecular weight excluding hydrogens is 483 g/mol. The van der Waals surface area contributed by atoms with Gasteiger partial charge in [0.1, 0.15) is 24.7 Å². The normalized spacial score (nSPS) is 10.8. The van der Waals surface area contributed by atoms with Gasteiger partial charge in [-0.3, -0.25) is 4.79 Å². The van der Waals surface area contributed by atoms with Gasteiger partial charge in [0.25, 0.3) is 5.91 Å². The Morgan fingerprint density at radius 1 is 0.743 bits per heavy atom. The summed E-state index contributed by atoms with van der Waals surface area (Å²) in [4.78, 5) is 12.7. The van der Waals surface area contributed by atoms with Crippen molar-refractivity contribution in [3.63, 3.8) is 0 Å². The second-order valence-electron chi connectivity index (χ2n) is 7.52. The molecule has 0 radical (unpaired) electrons. The van der Waals surface area contributed by atoms with Crippen LogP contribution in [-0.2, 0) is 13.2 Å². The van der Waals surface area contributed by atoms with Crippen LogP contribution in [0, 0.1) is 0 Å². The van der Waals surface area contributed by atoms with Crippen molar-refractivity contribution in [3.8, 4) is 11.5 Å². The number of amides is 1. The monoisotopic (exact) mass is 504 g/mol. The molecule has 0 atom stereocenters. The van der Waals surface area contributed by atoms with Crippen molar-refractivity contribution in [2.24, 2.45) is 5.10 Å². The van der Waals surface area contributed by atoms with Gasteiger partial charge < -0.3 is 9.47 Å². The molecule has 0 aliphatic carbocycles. The van der Waals surface area contributed by atoms with Crippen LogP contribution in [0.15, 0.2) is 102 Å². The molecule has 0 aliphatic rings. The molecule has 4 aromatic carbocycles. The van der Waals surface area contributed by atoms with Crippen molar-refractivity contribution in [2.75, 3.05) is 0 Å². The number of nitrogens with one attached hydrogen (secondary N) is 1. The van der Waals surface area contributed by atoms with Crippen LogP contribution in [0.1, 0.15) is 27.0 Å². The lowest BCUT2D eigenvalue weighted by Gasteiger charge is -2.11. The third-order valence-electron chi connectivity index (χ3n) is 5.08. The molecule has 0 saturated heterocycles. The number of hydrogen-bond donors (Lipinski definition) is 1. The fraction of sp³-hybridized carbons (Fsp3) is 0.0714. The largest absolute Gasteiger partial charge is 0.489 e. The average molecular weight is 505 g/mol. The highest BCUT2D eigenvalue weighted by Gasteiger charge is 2.12. The van der Waals surface area contributed by atoms with Gasteiger partial charge in [-0.15, -0.1) is 0 Å². The molecule has 0 saturated carbocycles. The van der Waals surface area contributed by atoms with E-state index in [2.05, 4.69) is 10.5 Å². The number of benzene rings is 4. The molecule has 0 bridgehead atoms. The predicted octanol–water partition coefficient (Wildman–Crippen LogP) is 6.92. The van der Waals surface area contributed by atoms with Crippen molar-refractivity contribution in [1.82, 2.24) is 5.43 Å². The van der Waals surface area contributed by atoms with Gasteiger partial charge >= 0.3 is 0 Å². The summed E-state index contributed by atoms with van der Waals surface area (Å²) in [6.45, 7) is 0.624. The molecule has 0 aliphatic heterocycles. The molecule has 4 rings (SSSR count). The number of hydrazone groups is 1. The topological polar surface area (TPSA) is 59.9 Å². The predicted molar refractivity (Wildman–Crippen MR) is 140 cm³/mol. The van der Waals surface area contributed by atoms with Gasteiger partial charge in [-0.2, -0.15) is 5.10 Å². The van der Waals surface area contributed by atoms with E-state index in [9.17, 15) is 4.79 Å². The van der Waals surface area contributed by atoms with Crippen LogP contribution in [0.2, 0.25) is 10.0 Å². The summed E-state index contributed by atoms with van der Waals surface area (Å²) in [7, 11) is 0. The van der Waals surface area contributed by atoms with Crippen molar-refractivity contribution in [2.45, 2.75) is 13.2 Å². The first kappa shape index (κ1) is 24.3. The Morgan fingerprint density at radius 3 is 1.97 bits per heavy atom. The van der Waals surface area contributed by atoms with Gasteiger partial charge in [0.2, 0.25) is 0 Å². The van der Waals surface area contributed by atoms with Crippen molar-refractivity contribution >= 4 is 35.3 Å². The van der Waals surface area contributed by atoms with E-state index in [1.165, 1.54) is 0 Å². The highest BCUT2D eigenvalue weighted by molar-refractivity contribution is 6.31. The average Bonchev–Trinajstić information content (AvgIpc) is 2.88. The van der Waals surface area contributed by atoms with Crippen LogP contribution in [0.25, 0.3) is 0 Å². The second-order valence-corrected chi connectivity index (χ2v) is 8.34. The molecule has 0 spiro atoms. The molecule has 0 heterocycles. The van der Waals surface area contributed by atoms with E-state index in [0.29, 0.717) is 33.7 Å². The molecule has 1 N–H and O–H groups in total. The van der Waals surface area contributed by atoms with Gasteiger partial charge in [0.15, 0.2) is 0 Å². The van der Waals surface area contributed by atoms with Crippen LogP contribution in [-0.4, -0.2) is 12.1 Å². The van der Waals surface area contributed by atoms with Gasteiger partial charge in [-0.1, -0.05) is 71.7 Å². The zero-order chi connectivity index (χ0) is 24.5. The first-order valence-electron chi connectivity index (χ1n) is 10.8. The van der Waals surface area contributed by atoms with Crippen LogP contribution in [0.3, 0.4) is 0 Å². The van der Waals surface area contributed by atoms with E-state index in [-0.39, 0.29) is 12.5 Å². The summed E-state index contributed by atoms with van der Waals surface area (Å²) >= 11 is 12.3. The van der Waals surface area contributed by atoms with E-state index in [1.807, 2.05) is 66.7 Å². The minimum absolute atomic E-state index is 0.248. The SMILES string of the molecule is O=C(N/N=C/c1ccc(OCc2ccccc2Cl)cc1)c1ccccc1OCc1ccccc1Cl. The maximum absolute atomic E-state index is 12.7. The number of rotatable bonds is 9. The Morgan fingerprint density at radius 2 is 1.31 bits per heavy atom. The molecule has 0 unspecified atom stereocenters. The Balaban J connectivity index is 1.32. The van der Waals surface area contributed by atoms with E-state index < -0.39 is 0 Å². The minimum atomic E-state index is -0.379. The first-order chi connectivity index (χ1) is 17.1. The van der Waals surface area contributed by atoms with Gasteiger partial charge in [-0.25, -0.2) is 5.43 Å². The molecule has 35 heavy (non-hydrogen) atoms. The Labute approximate surface area is 213 Å².